The zero-order valence-electron chi connectivity index (χ0n) is 16.6. The van der Waals surface area contributed by atoms with E-state index in [-0.39, 0.29) is 31.0 Å². The molecule has 29 heavy (non-hydrogen) atoms. The summed E-state index contributed by atoms with van der Waals surface area (Å²) in [6.45, 7) is 1.23. The van der Waals surface area contributed by atoms with E-state index in [9.17, 15) is 9.59 Å². The maximum atomic E-state index is 13.0. The minimum Gasteiger partial charge on any atom is -0.497 e. The quantitative estimate of drug-likeness (QED) is 0.709. The van der Waals surface area contributed by atoms with E-state index in [1.54, 1.807) is 29.0 Å². The molecule has 0 unspecified atom stereocenters. The molecule has 0 bridgehead atoms. The van der Waals surface area contributed by atoms with Gasteiger partial charge in [0, 0.05) is 24.7 Å². The van der Waals surface area contributed by atoms with E-state index in [2.05, 4.69) is 0 Å². The van der Waals surface area contributed by atoms with Crippen LogP contribution in [-0.4, -0.2) is 51.4 Å². The van der Waals surface area contributed by atoms with E-state index in [1.165, 1.54) is 0 Å². The number of anilines is 1. The van der Waals surface area contributed by atoms with Gasteiger partial charge < -0.3 is 19.3 Å². The Morgan fingerprint density at radius 3 is 2.31 bits per heavy atom. The van der Waals surface area contributed by atoms with Crippen molar-refractivity contribution in [3.05, 3.63) is 60.2 Å². The molecule has 6 nitrogen and oxygen atoms in total. The van der Waals surface area contributed by atoms with Crippen molar-refractivity contribution in [2.75, 3.05) is 31.5 Å². The molecule has 2 radical (unpaired) electrons. The second kappa shape index (κ2) is 10.0. The molecule has 0 aliphatic carbocycles. The van der Waals surface area contributed by atoms with Gasteiger partial charge >= 0.3 is 6.09 Å². The third-order valence-corrected chi connectivity index (χ3v) is 5.14. The highest BCUT2D eigenvalue weighted by Crippen LogP contribution is 2.25. The van der Waals surface area contributed by atoms with Crippen molar-refractivity contribution in [2.24, 2.45) is 5.92 Å². The van der Waals surface area contributed by atoms with Crippen LogP contribution in [0.15, 0.2) is 54.6 Å². The van der Waals surface area contributed by atoms with Crippen LogP contribution in [0.25, 0.3) is 0 Å². The molecule has 2 amide bonds. The Hall–Kier alpha value is -2.96. The number of methoxy groups -OCH3 is 1. The first kappa shape index (κ1) is 20.8. The van der Waals surface area contributed by atoms with E-state index in [0.29, 0.717) is 25.9 Å². The van der Waals surface area contributed by atoms with Crippen molar-refractivity contribution >= 4 is 25.5 Å². The Kier molecular flexibility index (Phi) is 7.17. The molecule has 0 saturated carbocycles. The van der Waals surface area contributed by atoms with Gasteiger partial charge in [0.15, 0.2) is 0 Å². The predicted octanol–water partition coefficient (Wildman–Crippen LogP) is 3.20. The summed E-state index contributed by atoms with van der Waals surface area (Å²) in [5.74, 6) is 0.536. The molecule has 0 aromatic heterocycles. The number of carbonyl (C=O) groups excluding carboxylic acids is 2. The molecule has 2 aromatic rings. The van der Waals surface area contributed by atoms with Crippen LogP contribution in [0.1, 0.15) is 18.4 Å². The lowest BCUT2D eigenvalue weighted by atomic mass is 9.94. The highest BCUT2D eigenvalue weighted by molar-refractivity contribution is 6.14. The van der Waals surface area contributed by atoms with Crippen molar-refractivity contribution in [2.45, 2.75) is 19.4 Å². The number of hydrogen-bond acceptors (Lipinski definition) is 4. The Bertz CT molecular complexity index is 805. The smallest absolute Gasteiger partial charge is 0.410 e. The van der Waals surface area contributed by atoms with Crippen LogP contribution in [0.3, 0.4) is 0 Å². The van der Waals surface area contributed by atoms with Crippen LogP contribution >= 0.6 is 0 Å². The zero-order valence-corrected chi connectivity index (χ0v) is 16.6. The minimum absolute atomic E-state index is 0.0185. The van der Waals surface area contributed by atoms with Gasteiger partial charge in [0.2, 0.25) is 5.91 Å². The molecule has 7 heteroatoms. The molecule has 1 saturated heterocycles. The van der Waals surface area contributed by atoms with E-state index >= 15 is 0 Å². The Labute approximate surface area is 172 Å². The number of rotatable bonds is 6. The summed E-state index contributed by atoms with van der Waals surface area (Å²) in [4.78, 5) is 28.5. The van der Waals surface area contributed by atoms with Crippen LogP contribution in [0.5, 0.6) is 5.75 Å². The average Bonchev–Trinajstić information content (AvgIpc) is 2.79. The number of piperidine rings is 1. The minimum atomic E-state index is -0.342. The molecule has 0 spiro atoms. The second-order valence-electron chi connectivity index (χ2n) is 6.95. The van der Waals surface area contributed by atoms with Crippen LogP contribution in [0.4, 0.5) is 10.5 Å². The molecule has 0 N–H and O–H groups in total. The largest absolute Gasteiger partial charge is 0.497 e. The molecular formula is C22H25BN2O4. The molecule has 0 atom stereocenters. The van der Waals surface area contributed by atoms with Gasteiger partial charge in [0.25, 0.3) is 0 Å². The van der Waals surface area contributed by atoms with Crippen LogP contribution in [0, 0.1) is 5.92 Å². The van der Waals surface area contributed by atoms with E-state index < -0.39 is 0 Å². The summed E-state index contributed by atoms with van der Waals surface area (Å²) in [7, 11) is 7.44. The van der Waals surface area contributed by atoms with Crippen molar-refractivity contribution in [1.29, 1.82) is 0 Å². The average molecular weight is 392 g/mol. The van der Waals surface area contributed by atoms with Gasteiger partial charge in [0.1, 0.15) is 12.4 Å². The Balaban J connectivity index is 1.51. The maximum absolute atomic E-state index is 13.0. The molecule has 3 rings (SSSR count). The van der Waals surface area contributed by atoms with Gasteiger partial charge in [-0.2, -0.15) is 0 Å². The fraction of sp³-hybridized carbons (Fsp3) is 0.364. The normalized spacial score (nSPS) is 14.3. The van der Waals surface area contributed by atoms with E-state index in [1.807, 2.05) is 42.5 Å². The van der Waals surface area contributed by atoms with Crippen LogP contribution in [-0.2, 0) is 16.1 Å². The van der Waals surface area contributed by atoms with E-state index in [4.69, 9.17) is 17.3 Å². The number of likely N-dealkylation sites (tertiary alicyclic amines) is 1. The molecule has 1 fully saturated rings. The number of hydrogen-bond donors (Lipinski definition) is 0. The van der Waals surface area contributed by atoms with Gasteiger partial charge in [0.05, 0.1) is 15.0 Å². The Morgan fingerprint density at radius 2 is 1.72 bits per heavy atom. The summed E-state index contributed by atoms with van der Waals surface area (Å²) in [5.41, 5.74) is 1.69. The molecular weight excluding hydrogens is 367 g/mol. The summed E-state index contributed by atoms with van der Waals surface area (Å²) in [5, 5.41) is 0. The fourth-order valence-electron chi connectivity index (χ4n) is 3.42. The highest BCUT2D eigenvalue weighted by atomic mass is 16.6. The fourth-order valence-corrected chi connectivity index (χ4v) is 3.42. The second-order valence-corrected chi connectivity index (χ2v) is 6.95. The third kappa shape index (κ3) is 5.31. The number of benzene rings is 2. The zero-order chi connectivity index (χ0) is 20.6. The SMILES string of the molecule is [B]CN(C(=O)C1CCN(C(=O)OCc2ccccc2)CC1)c1ccc(OC)cc1. The summed E-state index contributed by atoms with van der Waals surface area (Å²) < 4.78 is 10.5. The lowest BCUT2D eigenvalue weighted by Gasteiger charge is -2.33. The lowest BCUT2D eigenvalue weighted by molar-refractivity contribution is -0.123. The first-order chi connectivity index (χ1) is 14.1. The van der Waals surface area contributed by atoms with Crippen molar-refractivity contribution in [3.63, 3.8) is 0 Å². The van der Waals surface area contributed by atoms with Gasteiger partial charge in [-0.25, -0.2) is 4.79 Å². The maximum Gasteiger partial charge on any atom is 0.410 e. The van der Waals surface area contributed by atoms with E-state index in [0.717, 1.165) is 17.0 Å². The highest BCUT2D eigenvalue weighted by Gasteiger charge is 2.30. The Morgan fingerprint density at radius 1 is 1.07 bits per heavy atom. The summed E-state index contributed by atoms with van der Waals surface area (Å²) in [6, 6.07) is 16.8. The monoisotopic (exact) mass is 392 g/mol. The third-order valence-electron chi connectivity index (χ3n) is 5.14. The number of ether oxygens (including phenoxy) is 2. The summed E-state index contributed by atoms with van der Waals surface area (Å²) >= 11 is 0. The topological polar surface area (TPSA) is 59.1 Å². The van der Waals surface area contributed by atoms with Gasteiger partial charge in [-0.1, -0.05) is 30.3 Å². The molecule has 1 aliphatic rings. The molecule has 1 heterocycles. The van der Waals surface area contributed by atoms with Gasteiger partial charge in [-0.15, -0.1) is 0 Å². The predicted molar refractivity (Wildman–Crippen MR) is 112 cm³/mol. The number of amides is 2. The van der Waals surface area contributed by atoms with Crippen molar-refractivity contribution < 1.29 is 19.1 Å². The summed E-state index contributed by atoms with van der Waals surface area (Å²) in [6.07, 6.45) is 0.938. The first-order valence-corrected chi connectivity index (χ1v) is 9.73. The van der Waals surface area contributed by atoms with Crippen LogP contribution < -0.4 is 9.64 Å². The first-order valence-electron chi connectivity index (χ1n) is 9.73. The standard InChI is InChI=1S/C22H25BN2O4/c1-28-20-9-7-19(8-10-20)25(16-23)21(26)18-11-13-24(14-12-18)22(27)29-15-17-5-3-2-4-6-17/h2-10,18H,11-16H2,1H3. The molecule has 150 valence electrons. The molecule has 1 aliphatic heterocycles. The molecule has 2 aromatic carbocycles. The van der Waals surface area contributed by atoms with Crippen molar-refractivity contribution in [3.8, 4) is 5.75 Å². The van der Waals surface area contributed by atoms with Gasteiger partial charge in [-0.05, 0) is 49.1 Å². The van der Waals surface area contributed by atoms with Gasteiger partial charge in [-0.3, -0.25) is 4.79 Å². The van der Waals surface area contributed by atoms with Crippen molar-refractivity contribution in [1.82, 2.24) is 4.90 Å². The lowest BCUT2D eigenvalue weighted by Crippen LogP contribution is -2.45. The van der Waals surface area contributed by atoms with Crippen LogP contribution in [0.2, 0.25) is 0 Å². The number of nitrogens with zero attached hydrogens (tertiary/aromatic N) is 2. The number of carbonyl (C=O) groups is 2.